The van der Waals surface area contributed by atoms with Crippen molar-refractivity contribution in [3.8, 4) is 0 Å². The molecular formula is C8H12BNO2. The maximum atomic E-state index is 5.06. The molecule has 0 bridgehead atoms. The molecule has 1 aromatic heterocycles. The first-order valence-electron chi connectivity index (χ1n) is 3.76. The topological polar surface area (TPSA) is 31.4 Å². The van der Waals surface area contributed by atoms with Crippen LogP contribution >= 0.6 is 0 Å². The Bertz CT molecular complexity index is 233. The number of nitrogens with zero attached hydrogens (tertiary/aromatic N) is 1. The normalized spacial score (nSPS) is 9.92. The van der Waals surface area contributed by atoms with E-state index < -0.39 is 0 Å². The number of aryl methyl sites for hydroxylation is 1. The molecule has 0 aromatic carbocycles. The fraction of sp³-hybridized carbons (Fsp3) is 0.375. The van der Waals surface area contributed by atoms with Crippen molar-refractivity contribution in [1.82, 2.24) is 4.98 Å². The van der Waals surface area contributed by atoms with Gasteiger partial charge in [-0.1, -0.05) is 6.07 Å². The number of aromatic nitrogens is 1. The highest BCUT2D eigenvalue weighted by Crippen LogP contribution is 1.91. The van der Waals surface area contributed by atoms with Crippen LogP contribution in [-0.4, -0.2) is 26.3 Å². The SMILES string of the molecule is COB(OC)c1ccc(C)nc1. The number of pyridine rings is 1. The predicted octanol–water partition coefficient (Wildman–Crippen LogP) is 0.378. The predicted molar refractivity (Wildman–Crippen MR) is 48.4 cm³/mol. The Morgan fingerprint density at radius 3 is 2.33 bits per heavy atom. The lowest BCUT2D eigenvalue weighted by Crippen LogP contribution is -2.34. The molecule has 0 radical (unpaired) electrons. The molecule has 0 unspecified atom stereocenters. The summed E-state index contributed by atoms with van der Waals surface area (Å²) >= 11 is 0. The molecule has 0 N–H and O–H groups in total. The third-order valence-corrected chi connectivity index (χ3v) is 1.63. The second kappa shape index (κ2) is 4.23. The van der Waals surface area contributed by atoms with E-state index in [-0.39, 0.29) is 7.12 Å². The van der Waals surface area contributed by atoms with Crippen LogP contribution in [0.5, 0.6) is 0 Å². The Labute approximate surface area is 72.9 Å². The van der Waals surface area contributed by atoms with Gasteiger partial charge in [-0.2, -0.15) is 0 Å². The zero-order valence-corrected chi connectivity index (χ0v) is 7.57. The monoisotopic (exact) mass is 165 g/mol. The van der Waals surface area contributed by atoms with Crippen LogP contribution < -0.4 is 5.46 Å². The second-order valence-corrected chi connectivity index (χ2v) is 2.54. The van der Waals surface area contributed by atoms with E-state index in [0.717, 1.165) is 11.2 Å². The van der Waals surface area contributed by atoms with Crippen molar-refractivity contribution in [3.05, 3.63) is 24.0 Å². The van der Waals surface area contributed by atoms with Crippen molar-refractivity contribution in [1.29, 1.82) is 0 Å². The summed E-state index contributed by atoms with van der Waals surface area (Å²) < 4.78 is 10.1. The summed E-state index contributed by atoms with van der Waals surface area (Å²) in [6.45, 7) is 1.94. The molecule has 0 aliphatic carbocycles. The second-order valence-electron chi connectivity index (χ2n) is 2.54. The number of hydrogen-bond donors (Lipinski definition) is 0. The molecule has 0 spiro atoms. The highest BCUT2D eigenvalue weighted by atomic mass is 16.6. The molecular weight excluding hydrogens is 153 g/mol. The molecule has 0 atom stereocenters. The molecule has 1 heterocycles. The van der Waals surface area contributed by atoms with Crippen molar-refractivity contribution < 1.29 is 9.31 Å². The van der Waals surface area contributed by atoms with Gasteiger partial charge in [0.2, 0.25) is 0 Å². The molecule has 1 aromatic rings. The molecule has 1 rings (SSSR count). The van der Waals surface area contributed by atoms with Crippen molar-refractivity contribution in [2.45, 2.75) is 6.92 Å². The van der Waals surface area contributed by atoms with Gasteiger partial charge in [-0.05, 0) is 13.0 Å². The molecule has 0 amide bonds. The molecule has 0 fully saturated rings. The van der Waals surface area contributed by atoms with Crippen molar-refractivity contribution in [2.24, 2.45) is 0 Å². The summed E-state index contributed by atoms with van der Waals surface area (Å²) in [6, 6.07) is 3.88. The van der Waals surface area contributed by atoms with E-state index in [4.69, 9.17) is 9.31 Å². The Kier molecular flexibility index (Phi) is 3.25. The van der Waals surface area contributed by atoms with E-state index in [1.54, 1.807) is 20.4 Å². The number of rotatable bonds is 3. The molecule has 12 heavy (non-hydrogen) atoms. The van der Waals surface area contributed by atoms with Gasteiger partial charge in [0.05, 0.1) is 0 Å². The van der Waals surface area contributed by atoms with Gasteiger partial charge in [0.1, 0.15) is 0 Å². The Morgan fingerprint density at radius 2 is 1.92 bits per heavy atom. The summed E-state index contributed by atoms with van der Waals surface area (Å²) in [5, 5.41) is 0. The Morgan fingerprint density at radius 1 is 1.25 bits per heavy atom. The summed E-state index contributed by atoms with van der Waals surface area (Å²) in [5.74, 6) is 0. The minimum atomic E-state index is -0.307. The third kappa shape index (κ3) is 2.06. The smallest absolute Gasteiger partial charge is 0.410 e. The summed E-state index contributed by atoms with van der Waals surface area (Å²) in [7, 11) is 2.90. The summed E-state index contributed by atoms with van der Waals surface area (Å²) in [6.07, 6.45) is 1.76. The lowest BCUT2D eigenvalue weighted by atomic mass is 9.80. The van der Waals surface area contributed by atoms with E-state index in [0.29, 0.717) is 0 Å². The first kappa shape index (κ1) is 9.22. The molecule has 0 saturated heterocycles. The van der Waals surface area contributed by atoms with Gasteiger partial charge < -0.3 is 9.31 Å². The first-order valence-corrected chi connectivity index (χ1v) is 3.76. The lowest BCUT2D eigenvalue weighted by Gasteiger charge is -2.07. The Balaban J connectivity index is 2.80. The van der Waals surface area contributed by atoms with Crippen molar-refractivity contribution in [2.75, 3.05) is 14.2 Å². The zero-order chi connectivity index (χ0) is 8.97. The molecule has 0 aliphatic heterocycles. The lowest BCUT2D eigenvalue weighted by molar-refractivity contribution is 0.292. The average molecular weight is 165 g/mol. The van der Waals surface area contributed by atoms with Crippen LogP contribution in [0.3, 0.4) is 0 Å². The highest BCUT2D eigenvalue weighted by Gasteiger charge is 2.17. The van der Waals surface area contributed by atoms with Crippen LogP contribution in [0, 0.1) is 6.92 Å². The van der Waals surface area contributed by atoms with E-state index in [2.05, 4.69) is 4.98 Å². The molecule has 0 aliphatic rings. The van der Waals surface area contributed by atoms with Crippen molar-refractivity contribution >= 4 is 12.6 Å². The van der Waals surface area contributed by atoms with Crippen LogP contribution in [-0.2, 0) is 9.31 Å². The van der Waals surface area contributed by atoms with Gasteiger partial charge >= 0.3 is 7.12 Å². The standard InChI is InChI=1S/C8H12BNO2/c1-7-4-5-8(6-10-7)9(11-2)12-3/h4-6H,1-3H3. The zero-order valence-electron chi connectivity index (χ0n) is 7.57. The minimum absolute atomic E-state index is 0.307. The highest BCUT2D eigenvalue weighted by molar-refractivity contribution is 6.61. The maximum Gasteiger partial charge on any atom is 0.495 e. The van der Waals surface area contributed by atoms with E-state index in [9.17, 15) is 0 Å². The van der Waals surface area contributed by atoms with Gasteiger partial charge in [-0.25, -0.2) is 0 Å². The fourth-order valence-corrected chi connectivity index (χ4v) is 0.987. The van der Waals surface area contributed by atoms with Crippen molar-refractivity contribution in [3.63, 3.8) is 0 Å². The molecule has 3 nitrogen and oxygen atoms in total. The quantitative estimate of drug-likeness (QED) is 0.606. The molecule has 4 heteroatoms. The molecule has 64 valence electrons. The van der Waals surface area contributed by atoms with Crippen LogP contribution in [0.1, 0.15) is 5.69 Å². The van der Waals surface area contributed by atoms with Crippen LogP contribution in [0.25, 0.3) is 0 Å². The van der Waals surface area contributed by atoms with Crippen LogP contribution in [0.15, 0.2) is 18.3 Å². The Hall–Kier alpha value is -0.865. The van der Waals surface area contributed by atoms with Gasteiger partial charge in [0.15, 0.2) is 0 Å². The fourth-order valence-electron chi connectivity index (χ4n) is 0.987. The van der Waals surface area contributed by atoms with Gasteiger partial charge in [0.25, 0.3) is 0 Å². The third-order valence-electron chi connectivity index (χ3n) is 1.63. The summed E-state index contributed by atoms with van der Waals surface area (Å²) in [4.78, 5) is 4.14. The van der Waals surface area contributed by atoms with Crippen LogP contribution in [0.4, 0.5) is 0 Å². The average Bonchev–Trinajstić information content (AvgIpc) is 2.10. The van der Waals surface area contributed by atoms with E-state index >= 15 is 0 Å². The van der Waals surface area contributed by atoms with Gasteiger partial charge in [-0.15, -0.1) is 0 Å². The first-order chi connectivity index (χ1) is 5.77. The van der Waals surface area contributed by atoms with Gasteiger partial charge in [-0.3, -0.25) is 4.98 Å². The number of hydrogen-bond acceptors (Lipinski definition) is 3. The van der Waals surface area contributed by atoms with Gasteiger partial charge in [0, 0.05) is 31.6 Å². The largest absolute Gasteiger partial charge is 0.495 e. The summed E-state index contributed by atoms with van der Waals surface area (Å²) in [5.41, 5.74) is 1.93. The van der Waals surface area contributed by atoms with Crippen LogP contribution in [0.2, 0.25) is 0 Å². The minimum Gasteiger partial charge on any atom is -0.410 e. The van der Waals surface area contributed by atoms with E-state index in [1.165, 1.54) is 0 Å². The maximum absolute atomic E-state index is 5.06. The molecule has 0 saturated carbocycles. The van der Waals surface area contributed by atoms with E-state index in [1.807, 2.05) is 19.1 Å².